The standard InChI is InChI=1S/C15H21N3O2S/c1-2-3-4-12(8-16)17-14(19)7-13-10-21-15(18-13)11-5-6-20-9-11/h5-6,9-10,12H,2-4,7-8,16H2,1H3,(H,17,19). The second-order valence-corrected chi connectivity index (χ2v) is 5.83. The Hall–Kier alpha value is -1.66. The Bertz CT molecular complexity index is 551. The zero-order valence-electron chi connectivity index (χ0n) is 12.2. The van der Waals surface area contributed by atoms with Gasteiger partial charge >= 0.3 is 0 Å². The number of nitrogens with one attached hydrogen (secondary N) is 1. The minimum absolute atomic E-state index is 0.0226. The molecule has 6 heteroatoms. The Morgan fingerprint density at radius 2 is 2.43 bits per heavy atom. The van der Waals surface area contributed by atoms with Crippen LogP contribution in [0.15, 0.2) is 28.4 Å². The normalized spacial score (nSPS) is 12.3. The summed E-state index contributed by atoms with van der Waals surface area (Å²) >= 11 is 1.51. The van der Waals surface area contributed by atoms with E-state index in [1.54, 1.807) is 12.5 Å². The monoisotopic (exact) mass is 307 g/mol. The lowest BCUT2D eigenvalue weighted by Gasteiger charge is -2.15. The van der Waals surface area contributed by atoms with Crippen LogP contribution in [-0.4, -0.2) is 23.5 Å². The van der Waals surface area contributed by atoms with E-state index in [1.165, 1.54) is 11.3 Å². The number of hydrogen-bond donors (Lipinski definition) is 2. The first-order chi connectivity index (χ1) is 10.2. The minimum atomic E-state index is -0.0226. The highest BCUT2D eigenvalue weighted by Gasteiger charge is 2.13. The molecule has 0 aromatic carbocycles. The lowest BCUT2D eigenvalue weighted by Crippen LogP contribution is -2.40. The van der Waals surface area contributed by atoms with E-state index in [4.69, 9.17) is 10.2 Å². The zero-order chi connectivity index (χ0) is 15.1. The third-order valence-electron chi connectivity index (χ3n) is 3.22. The molecular formula is C15H21N3O2S. The molecule has 0 aliphatic rings. The van der Waals surface area contributed by atoms with Crippen molar-refractivity contribution in [3.63, 3.8) is 0 Å². The molecule has 2 aromatic heterocycles. The van der Waals surface area contributed by atoms with Gasteiger partial charge in [0.15, 0.2) is 0 Å². The topological polar surface area (TPSA) is 81.1 Å². The van der Waals surface area contributed by atoms with Gasteiger partial charge in [0.25, 0.3) is 0 Å². The van der Waals surface area contributed by atoms with Gasteiger partial charge in [-0.1, -0.05) is 19.8 Å². The quantitative estimate of drug-likeness (QED) is 0.785. The van der Waals surface area contributed by atoms with Gasteiger partial charge in [-0.25, -0.2) is 4.98 Å². The van der Waals surface area contributed by atoms with Crippen molar-refractivity contribution in [2.24, 2.45) is 5.73 Å². The molecule has 0 saturated carbocycles. The average Bonchev–Trinajstić information content (AvgIpc) is 3.13. The molecule has 3 N–H and O–H groups in total. The number of nitrogens with zero attached hydrogens (tertiary/aromatic N) is 1. The Balaban J connectivity index is 1.88. The van der Waals surface area contributed by atoms with E-state index in [2.05, 4.69) is 17.2 Å². The maximum atomic E-state index is 12.0. The van der Waals surface area contributed by atoms with Crippen LogP contribution in [0.2, 0.25) is 0 Å². The fourth-order valence-corrected chi connectivity index (χ4v) is 2.86. The van der Waals surface area contributed by atoms with E-state index in [9.17, 15) is 4.79 Å². The number of aromatic nitrogens is 1. The third kappa shape index (κ3) is 4.68. The lowest BCUT2D eigenvalue weighted by molar-refractivity contribution is -0.121. The predicted octanol–water partition coefficient (Wildman–Crippen LogP) is 2.58. The largest absolute Gasteiger partial charge is 0.472 e. The first-order valence-electron chi connectivity index (χ1n) is 7.19. The van der Waals surface area contributed by atoms with Crippen molar-refractivity contribution in [1.82, 2.24) is 10.3 Å². The number of thiazole rings is 1. The van der Waals surface area contributed by atoms with Crippen molar-refractivity contribution in [2.75, 3.05) is 6.54 Å². The fraction of sp³-hybridized carbons (Fsp3) is 0.467. The molecule has 1 amide bonds. The van der Waals surface area contributed by atoms with E-state index in [0.717, 1.165) is 35.5 Å². The Labute approximate surface area is 128 Å². The predicted molar refractivity (Wildman–Crippen MR) is 84.0 cm³/mol. The lowest BCUT2D eigenvalue weighted by atomic mass is 10.1. The highest BCUT2D eigenvalue weighted by molar-refractivity contribution is 7.13. The summed E-state index contributed by atoms with van der Waals surface area (Å²) < 4.78 is 5.04. The number of carbonyl (C=O) groups excluding carboxylic acids is 1. The molecule has 0 radical (unpaired) electrons. The van der Waals surface area contributed by atoms with Crippen molar-refractivity contribution in [1.29, 1.82) is 0 Å². The van der Waals surface area contributed by atoms with Crippen molar-refractivity contribution in [3.05, 3.63) is 29.7 Å². The Kier molecular flexibility index (Phi) is 5.95. The molecule has 2 rings (SSSR count). The zero-order valence-corrected chi connectivity index (χ0v) is 13.0. The summed E-state index contributed by atoms with van der Waals surface area (Å²) in [6.07, 6.45) is 6.66. The molecule has 0 saturated heterocycles. The molecule has 0 aliphatic heterocycles. The molecule has 1 atom stereocenters. The van der Waals surface area contributed by atoms with Crippen molar-refractivity contribution < 1.29 is 9.21 Å². The highest BCUT2D eigenvalue weighted by atomic mass is 32.1. The number of carbonyl (C=O) groups is 1. The van der Waals surface area contributed by atoms with Crippen molar-refractivity contribution in [3.8, 4) is 10.6 Å². The van der Waals surface area contributed by atoms with Gasteiger partial charge in [-0.2, -0.15) is 0 Å². The van der Waals surface area contributed by atoms with E-state index >= 15 is 0 Å². The Morgan fingerprint density at radius 1 is 1.57 bits per heavy atom. The summed E-state index contributed by atoms with van der Waals surface area (Å²) in [5.41, 5.74) is 7.40. The van der Waals surface area contributed by atoms with Gasteiger partial charge in [0.2, 0.25) is 5.91 Å². The van der Waals surface area contributed by atoms with Gasteiger partial charge in [-0.3, -0.25) is 4.79 Å². The highest BCUT2D eigenvalue weighted by Crippen LogP contribution is 2.24. The summed E-state index contributed by atoms with van der Waals surface area (Å²) in [6, 6.07) is 1.92. The van der Waals surface area contributed by atoms with Gasteiger partial charge in [-0.15, -0.1) is 11.3 Å². The molecule has 21 heavy (non-hydrogen) atoms. The molecule has 114 valence electrons. The van der Waals surface area contributed by atoms with Crippen LogP contribution in [0, 0.1) is 0 Å². The number of rotatable bonds is 8. The van der Waals surface area contributed by atoms with Crippen LogP contribution >= 0.6 is 11.3 Å². The maximum Gasteiger partial charge on any atom is 0.226 e. The van der Waals surface area contributed by atoms with Crippen molar-refractivity contribution in [2.45, 2.75) is 38.6 Å². The van der Waals surface area contributed by atoms with Crippen LogP contribution in [0.1, 0.15) is 31.9 Å². The smallest absolute Gasteiger partial charge is 0.226 e. The van der Waals surface area contributed by atoms with Crippen LogP contribution in [0.3, 0.4) is 0 Å². The molecule has 0 fully saturated rings. The summed E-state index contributed by atoms with van der Waals surface area (Å²) in [7, 11) is 0. The van der Waals surface area contributed by atoms with E-state index in [-0.39, 0.29) is 18.4 Å². The maximum absolute atomic E-state index is 12.0. The number of furan rings is 1. The van der Waals surface area contributed by atoms with E-state index in [0.29, 0.717) is 6.54 Å². The van der Waals surface area contributed by atoms with Gasteiger partial charge in [-0.05, 0) is 12.5 Å². The van der Waals surface area contributed by atoms with Crippen molar-refractivity contribution >= 4 is 17.2 Å². The number of hydrogen-bond acceptors (Lipinski definition) is 5. The summed E-state index contributed by atoms with van der Waals surface area (Å²) in [5, 5.41) is 5.75. The van der Waals surface area contributed by atoms with Gasteiger partial charge in [0, 0.05) is 23.5 Å². The second-order valence-electron chi connectivity index (χ2n) is 4.98. The molecular weight excluding hydrogens is 286 g/mol. The fourth-order valence-electron chi connectivity index (χ4n) is 2.05. The van der Waals surface area contributed by atoms with E-state index < -0.39 is 0 Å². The first-order valence-corrected chi connectivity index (χ1v) is 8.07. The summed E-state index contributed by atoms with van der Waals surface area (Å²) in [6.45, 7) is 2.60. The van der Waals surface area contributed by atoms with Gasteiger partial charge in [0.05, 0.1) is 18.4 Å². The second kappa shape index (κ2) is 7.95. The molecule has 0 spiro atoms. The van der Waals surface area contributed by atoms with Gasteiger partial charge in [0.1, 0.15) is 11.3 Å². The minimum Gasteiger partial charge on any atom is -0.472 e. The first kappa shape index (κ1) is 15.7. The molecule has 1 unspecified atom stereocenters. The number of amides is 1. The molecule has 0 bridgehead atoms. The number of nitrogens with two attached hydrogens (primary N) is 1. The molecule has 0 aliphatic carbocycles. The Morgan fingerprint density at radius 3 is 3.10 bits per heavy atom. The number of unbranched alkanes of at least 4 members (excludes halogenated alkanes) is 1. The summed E-state index contributed by atoms with van der Waals surface area (Å²) in [4.78, 5) is 16.5. The van der Waals surface area contributed by atoms with E-state index in [1.807, 2.05) is 11.4 Å². The van der Waals surface area contributed by atoms with Gasteiger partial charge < -0.3 is 15.5 Å². The SMILES string of the molecule is CCCCC(CN)NC(=O)Cc1csc(-c2ccoc2)n1. The average molecular weight is 307 g/mol. The van der Waals surface area contributed by atoms with Crippen LogP contribution in [-0.2, 0) is 11.2 Å². The molecule has 2 aromatic rings. The van der Waals surface area contributed by atoms with Crippen LogP contribution in [0.5, 0.6) is 0 Å². The molecule has 2 heterocycles. The summed E-state index contributed by atoms with van der Waals surface area (Å²) in [5.74, 6) is -0.0226. The van der Waals surface area contributed by atoms with Crippen LogP contribution in [0.25, 0.3) is 10.6 Å². The molecule has 5 nitrogen and oxygen atoms in total. The van der Waals surface area contributed by atoms with Crippen LogP contribution < -0.4 is 11.1 Å². The van der Waals surface area contributed by atoms with Crippen LogP contribution in [0.4, 0.5) is 0 Å². The third-order valence-corrected chi connectivity index (χ3v) is 4.16.